The summed E-state index contributed by atoms with van der Waals surface area (Å²) in [6.07, 6.45) is 1.50. The van der Waals surface area contributed by atoms with E-state index in [2.05, 4.69) is 15.0 Å². The molecule has 1 aromatic carbocycles. The van der Waals surface area contributed by atoms with Crippen LogP contribution in [0, 0.1) is 19.7 Å². The fraction of sp³-hybridized carbons (Fsp3) is 0.480. The van der Waals surface area contributed by atoms with Crippen molar-refractivity contribution in [1.82, 2.24) is 24.4 Å². The van der Waals surface area contributed by atoms with E-state index in [1.165, 1.54) is 18.2 Å². The van der Waals surface area contributed by atoms with Gasteiger partial charge in [0.05, 0.1) is 46.9 Å². The molecule has 3 aromatic rings. The van der Waals surface area contributed by atoms with Crippen LogP contribution in [0.5, 0.6) is 5.75 Å². The van der Waals surface area contributed by atoms with Gasteiger partial charge in [0.15, 0.2) is 5.65 Å². The SMILES string of the molecule is Cc1nc2c3c(nn2c(C)c1Cl)CN(C(=O)c1ccc(F)cc1OC1CC2C[C@H](O)C(C1)N2C)C3. The molecule has 3 aliphatic heterocycles. The molecule has 8 nitrogen and oxygen atoms in total. The summed E-state index contributed by atoms with van der Waals surface area (Å²) in [5.74, 6) is -0.454. The van der Waals surface area contributed by atoms with Gasteiger partial charge in [0, 0.05) is 30.1 Å². The van der Waals surface area contributed by atoms with E-state index in [0.29, 0.717) is 42.2 Å². The first-order valence-corrected chi connectivity index (χ1v) is 12.3. The van der Waals surface area contributed by atoms with Crippen LogP contribution in [-0.4, -0.2) is 66.8 Å². The number of aryl methyl sites for hydroxylation is 2. The van der Waals surface area contributed by atoms with E-state index in [4.69, 9.17) is 16.3 Å². The van der Waals surface area contributed by atoms with Crippen LogP contribution in [0.2, 0.25) is 5.02 Å². The number of ether oxygens (including phenoxy) is 1. The lowest BCUT2D eigenvalue weighted by molar-refractivity contribution is 0.0392. The zero-order valence-electron chi connectivity index (χ0n) is 19.8. The molecule has 1 amide bonds. The highest BCUT2D eigenvalue weighted by molar-refractivity contribution is 6.31. The molecule has 0 saturated carbocycles. The summed E-state index contributed by atoms with van der Waals surface area (Å²) in [5, 5.41) is 15.6. The van der Waals surface area contributed by atoms with E-state index in [9.17, 15) is 14.3 Å². The van der Waals surface area contributed by atoms with Gasteiger partial charge in [0.1, 0.15) is 17.7 Å². The number of rotatable bonds is 3. The molecule has 1 N–H and O–H groups in total. The molecular formula is C25H27ClFN5O3. The summed E-state index contributed by atoms with van der Waals surface area (Å²) < 4.78 is 22.2. The molecule has 0 aliphatic carbocycles. The highest BCUT2D eigenvalue weighted by atomic mass is 35.5. The molecule has 3 aliphatic rings. The van der Waals surface area contributed by atoms with Crippen LogP contribution in [0.4, 0.5) is 4.39 Å². The lowest BCUT2D eigenvalue weighted by atomic mass is 10.00. The topological polar surface area (TPSA) is 83.2 Å². The standard InChI is InChI=1S/C25H27ClFN5O3/c1-12-23(26)13(2)32-24(28-12)18-10-31(11-19(18)29-32)25(34)17-5-4-14(27)6-22(17)35-16-7-15-8-21(33)20(9-16)30(15)3/h4-6,15-16,20-21,33H,7-11H2,1-3H3/t15?,16?,20?,21-/m0/s1. The minimum absolute atomic E-state index is 0.0179. The molecule has 10 heteroatoms. The summed E-state index contributed by atoms with van der Waals surface area (Å²) in [6, 6.07) is 4.29. The van der Waals surface area contributed by atoms with E-state index < -0.39 is 5.82 Å². The summed E-state index contributed by atoms with van der Waals surface area (Å²) >= 11 is 6.34. The van der Waals surface area contributed by atoms with Crippen molar-refractivity contribution in [1.29, 1.82) is 0 Å². The Labute approximate surface area is 207 Å². The largest absolute Gasteiger partial charge is 0.489 e. The zero-order valence-corrected chi connectivity index (χ0v) is 20.6. The molecule has 35 heavy (non-hydrogen) atoms. The summed E-state index contributed by atoms with van der Waals surface area (Å²) in [4.78, 5) is 22.0. The van der Waals surface area contributed by atoms with Crippen LogP contribution < -0.4 is 4.74 Å². The number of hydrogen-bond acceptors (Lipinski definition) is 6. The first-order chi connectivity index (χ1) is 16.7. The minimum atomic E-state index is -0.457. The Kier molecular flexibility index (Phi) is 5.28. The zero-order chi connectivity index (χ0) is 24.6. The molecule has 4 atom stereocenters. The molecule has 5 heterocycles. The number of aromatic nitrogens is 3. The monoisotopic (exact) mass is 499 g/mol. The Bertz CT molecular complexity index is 1360. The molecule has 184 valence electrons. The van der Waals surface area contributed by atoms with E-state index >= 15 is 0 Å². The van der Waals surface area contributed by atoms with Gasteiger partial charge >= 0.3 is 0 Å². The average Bonchev–Trinajstić information content (AvgIpc) is 3.41. The predicted molar refractivity (Wildman–Crippen MR) is 127 cm³/mol. The maximum absolute atomic E-state index is 14.2. The summed E-state index contributed by atoms with van der Waals surface area (Å²) in [5.41, 5.74) is 4.23. The number of benzene rings is 1. The number of aliphatic hydroxyl groups is 1. The van der Waals surface area contributed by atoms with Crippen LogP contribution in [0.15, 0.2) is 18.2 Å². The predicted octanol–water partition coefficient (Wildman–Crippen LogP) is 3.27. The lowest BCUT2D eigenvalue weighted by Crippen LogP contribution is -2.46. The number of fused-ring (bicyclic) bond motifs is 5. The number of carbonyl (C=O) groups is 1. The molecule has 2 bridgehead atoms. The van der Waals surface area contributed by atoms with Gasteiger partial charge in [-0.05, 0) is 45.9 Å². The molecular weight excluding hydrogens is 473 g/mol. The van der Waals surface area contributed by atoms with Crippen LogP contribution in [-0.2, 0) is 13.1 Å². The second-order valence-corrected chi connectivity index (χ2v) is 10.3. The number of likely N-dealkylation sites (N-methyl/N-ethyl adjacent to an activating group) is 1. The van der Waals surface area contributed by atoms with Crippen molar-refractivity contribution < 1.29 is 19.0 Å². The van der Waals surface area contributed by atoms with E-state index in [1.54, 1.807) is 9.42 Å². The third kappa shape index (κ3) is 3.59. The number of aliphatic hydroxyl groups excluding tert-OH is 1. The summed E-state index contributed by atoms with van der Waals surface area (Å²) in [7, 11) is 2.02. The first kappa shape index (κ1) is 22.7. The number of halogens is 2. The molecule has 2 aromatic heterocycles. The highest BCUT2D eigenvalue weighted by Crippen LogP contribution is 2.38. The Morgan fingerprint density at radius 2 is 2.03 bits per heavy atom. The van der Waals surface area contributed by atoms with Crippen molar-refractivity contribution in [3.05, 3.63) is 57.2 Å². The Hall–Kier alpha value is -2.75. The maximum atomic E-state index is 14.2. The fourth-order valence-electron chi connectivity index (χ4n) is 5.87. The van der Waals surface area contributed by atoms with Crippen LogP contribution in [0.1, 0.15) is 52.3 Å². The van der Waals surface area contributed by atoms with Crippen molar-refractivity contribution in [2.75, 3.05) is 7.05 Å². The second-order valence-electron chi connectivity index (χ2n) is 9.96. The Balaban J connectivity index is 1.26. The van der Waals surface area contributed by atoms with Gasteiger partial charge < -0.3 is 14.7 Å². The molecule has 3 unspecified atom stereocenters. The third-order valence-electron chi connectivity index (χ3n) is 7.81. The number of piperidine rings is 1. The number of carbonyl (C=O) groups excluding carboxylic acids is 1. The minimum Gasteiger partial charge on any atom is -0.489 e. The van der Waals surface area contributed by atoms with Gasteiger partial charge in [-0.1, -0.05) is 11.6 Å². The van der Waals surface area contributed by atoms with Crippen molar-refractivity contribution in [2.24, 2.45) is 0 Å². The van der Waals surface area contributed by atoms with Gasteiger partial charge in [-0.25, -0.2) is 13.9 Å². The van der Waals surface area contributed by atoms with Crippen LogP contribution in [0.3, 0.4) is 0 Å². The quantitative estimate of drug-likeness (QED) is 0.595. The van der Waals surface area contributed by atoms with Crippen molar-refractivity contribution in [2.45, 2.75) is 70.5 Å². The fourth-order valence-corrected chi connectivity index (χ4v) is 5.99. The normalized spacial score (nSPS) is 25.9. The maximum Gasteiger partial charge on any atom is 0.258 e. The number of amides is 1. The van der Waals surface area contributed by atoms with Crippen molar-refractivity contribution >= 4 is 23.2 Å². The molecule has 6 rings (SSSR count). The van der Waals surface area contributed by atoms with Gasteiger partial charge in [0.25, 0.3) is 5.91 Å². The highest BCUT2D eigenvalue weighted by Gasteiger charge is 2.45. The number of nitrogens with zero attached hydrogens (tertiary/aromatic N) is 5. The van der Waals surface area contributed by atoms with Gasteiger partial charge in [-0.3, -0.25) is 9.69 Å². The molecule has 0 spiro atoms. The molecule has 2 saturated heterocycles. The molecule has 2 fully saturated rings. The Morgan fingerprint density at radius 3 is 2.80 bits per heavy atom. The second kappa shape index (κ2) is 8.15. The average molecular weight is 500 g/mol. The lowest BCUT2D eigenvalue weighted by Gasteiger charge is -2.36. The van der Waals surface area contributed by atoms with Gasteiger partial charge in [-0.15, -0.1) is 0 Å². The molecule has 0 radical (unpaired) electrons. The first-order valence-electron chi connectivity index (χ1n) is 11.9. The van der Waals surface area contributed by atoms with E-state index in [1.807, 2.05) is 20.9 Å². The Morgan fingerprint density at radius 1 is 1.23 bits per heavy atom. The number of hydrogen-bond donors (Lipinski definition) is 1. The van der Waals surface area contributed by atoms with Gasteiger partial charge in [0.2, 0.25) is 0 Å². The van der Waals surface area contributed by atoms with Crippen LogP contribution in [0.25, 0.3) is 5.65 Å². The van der Waals surface area contributed by atoms with Crippen LogP contribution >= 0.6 is 11.6 Å². The van der Waals surface area contributed by atoms with Gasteiger partial charge in [-0.2, -0.15) is 5.10 Å². The van der Waals surface area contributed by atoms with Crippen molar-refractivity contribution in [3.8, 4) is 5.75 Å². The van der Waals surface area contributed by atoms with Crippen molar-refractivity contribution in [3.63, 3.8) is 0 Å². The summed E-state index contributed by atoms with van der Waals surface area (Å²) in [6.45, 7) is 4.43. The third-order valence-corrected chi connectivity index (χ3v) is 8.35. The van der Waals surface area contributed by atoms with E-state index in [0.717, 1.165) is 29.1 Å². The smallest absolute Gasteiger partial charge is 0.258 e. The van der Waals surface area contributed by atoms with E-state index in [-0.39, 0.29) is 35.9 Å².